The molecule has 3 N–H and O–H groups in total. The Morgan fingerprint density at radius 1 is 1.16 bits per heavy atom. The third-order valence-corrected chi connectivity index (χ3v) is 5.78. The van der Waals surface area contributed by atoms with Crippen LogP contribution in [-0.2, 0) is 6.42 Å². The van der Waals surface area contributed by atoms with Crippen molar-refractivity contribution in [2.24, 2.45) is 15.9 Å². The normalized spacial score (nSPS) is 11.5. The molecule has 0 aliphatic carbocycles. The highest BCUT2D eigenvalue weighted by Crippen LogP contribution is 2.23. The van der Waals surface area contributed by atoms with Gasteiger partial charge in [0.2, 0.25) is 0 Å². The van der Waals surface area contributed by atoms with Gasteiger partial charge in [-0.2, -0.15) is 5.10 Å². The number of rotatable bonds is 13. The second-order valence-electron chi connectivity index (χ2n) is 8.24. The Balaban J connectivity index is 1.58. The van der Waals surface area contributed by atoms with Gasteiger partial charge in [-0.05, 0) is 54.3 Å². The van der Waals surface area contributed by atoms with Crippen LogP contribution in [0, 0.1) is 0 Å². The van der Waals surface area contributed by atoms with Crippen LogP contribution in [0.2, 0.25) is 5.02 Å². The first-order valence-corrected chi connectivity index (χ1v) is 12.6. The fraction of sp³-hybridized carbons (Fsp3) is 0.241. The number of ether oxygens (including phenoxy) is 1. The van der Waals surface area contributed by atoms with Crippen LogP contribution in [0.3, 0.4) is 0 Å². The van der Waals surface area contributed by atoms with E-state index in [0.29, 0.717) is 53.9 Å². The molecule has 0 aliphatic heterocycles. The highest BCUT2D eigenvalue weighted by atomic mass is 35.5. The summed E-state index contributed by atoms with van der Waals surface area (Å²) in [5, 5.41) is 11.1. The van der Waals surface area contributed by atoms with Crippen LogP contribution in [0.1, 0.15) is 41.4 Å². The van der Waals surface area contributed by atoms with Gasteiger partial charge in [-0.3, -0.25) is 9.78 Å². The molecule has 37 heavy (non-hydrogen) atoms. The van der Waals surface area contributed by atoms with Gasteiger partial charge < -0.3 is 15.8 Å². The van der Waals surface area contributed by atoms with Crippen molar-refractivity contribution >= 4 is 29.9 Å². The minimum absolute atomic E-state index is 0.201. The summed E-state index contributed by atoms with van der Waals surface area (Å²) in [6, 6.07) is 17.2. The largest absolute Gasteiger partial charge is 0.493 e. The summed E-state index contributed by atoms with van der Waals surface area (Å²) in [5.74, 6) is 0.349. The Labute approximate surface area is 223 Å². The average molecular weight is 518 g/mol. The van der Waals surface area contributed by atoms with Crippen molar-refractivity contribution in [3.63, 3.8) is 0 Å². The number of nitrogens with one attached hydrogen (secondary N) is 1. The van der Waals surface area contributed by atoms with Crippen molar-refractivity contribution in [1.82, 2.24) is 10.3 Å². The van der Waals surface area contributed by atoms with E-state index >= 15 is 0 Å². The smallest absolute Gasteiger partial charge is 0.255 e. The van der Waals surface area contributed by atoms with Gasteiger partial charge in [0.15, 0.2) is 0 Å². The zero-order valence-electron chi connectivity index (χ0n) is 21.0. The van der Waals surface area contributed by atoms with Crippen molar-refractivity contribution in [3.8, 4) is 16.9 Å². The molecule has 1 heterocycles. The summed E-state index contributed by atoms with van der Waals surface area (Å²) in [4.78, 5) is 17.3. The van der Waals surface area contributed by atoms with Crippen molar-refractivity contribution in [3.05, 3.63) is 94.8 Å². The molecule has 0 unspecified atom stereocenters. The van der Waals surface area contributed by atoms with Gasteiger partial charge in [0.05, 0.1) is 17.9 Å². The van der Waals surface area contributed by atoms with Crippen LogP contribution in [0.25, 0.3) is 11.1 Å². The van der Waals surface area contributed by atoms with Crippen LogP contribution < -0.4 is 15.8 Å². The van der Waals surface area contributed by atoms with E-state index in [-0.39, 0.29) is 5.91 Å². The van der Waals surface area contributed by atoms with Crippen LogP contribution >= 0.6 is 11.6 Å². The molecule has 0 radical (unpaired) electrons. The molecule has 7 nitrogen and oxygen atoms in total. The molecule has 0 saturated carbocycles. The molecule has 0 aliphatic rings. The quantitative estimate of drug-likeness (QED) is 0.178. The molecule has 8 heteroatoms. The van der Waals surface area contributed by atoms with Crippen LogP contribution in [0.5, 0.6) is 5.75 Å². The molecule has 0 atom stereocenters. The highest BCUT2D eigenvalue weighted by Gasteiger charge is 2.13. The van der Waals surface area contributed by atoms with Gasteiger partial charge in [0.1, 0.15) is 11.5 Å². The summed E-state index contributed by atoms with van der Waals surface area (Å²) in [6.45, 7) is 6.96. The number of pyridine rings is 1. The molecule has 192 valence electrons. The van der Waals surface area contributed by atoms with E-state index in [1.807, 2.05) is 36.4 Å². The van der Waals surface area contributed by atoms with Crippen molar-refractivity contribution < 1.29 is 9.53 Å². The molecule has 1 amide bonds. The van der Waals surface area contributed by atoms with E-state index in [1.165, 1.54) is 0 Å². The summed E-state index contributed by atoms with van der Waals surface area (Å²) in [6.07, 6.45) is 8.00. The number of benzene rings is 2. The monoisotopic (exact) mass is 517 g/mol. The number of aromatic nitrogens is 1. The van der Waals surface area contributed by atoms with Gasteiger partial charge in [-0.1, -0.05) is 61.4 Å². The number of carbonyl (C=O) groups is 1. The maximum atomic E-state index is 12.8. The number of nitrogens with zero attached hydrogens (tertiary/aromatic N) is 3. The van der Waals surface area contributed by atoms with Crippen molar-refractivity contribution in [2.45, 2.75) is 26.2 Å². The molecule has 0 spiro atoms. The number of allylic oxidation sites excluding steroid dienone is 1. The molecule has 3 rings (SSSR count). The molecule has 0 fully saturated rings. The zero-order chi connectivity index (χ0) is 26.5. The fourth-order valence-corrected chi connectivity index (χ4v) is 3.73. The SMILES string of the molecule is C=N/N=C(\C=C\CN)c1ccc(-c2ccc(CCNC(=O)c3cc(Cl)ccc3OCCCC)cc2)cn1. The summed E-state index contributed by atoms with van der Waals surface area (Å²) in [7, 11) is 0. The Bertz CT molecular complexity index is 1240. The van der Waals surface area contributed by atoms with Crippen molar-refractivity contribution in [2.75, 3.05) is 19.7 Å². The fourth-order valence-electron chi connectivity index (χ4n) is 3.55. The van der Waals surface area contributed by atoms with E-state index in [2.05, 4.69) is 34.1 Å². The number of hydrogen-bond acceptors (Lipinski definition) is 6. The van der Waals surface area contributed by atoms with E-state index in [0.717, 1.165) is 29.5 Å². The van der Waals surface area contributed by atoms with E-state index in [9.17, 15) is 4.79 Å². The number of nitrogens with two attached hydrogens (primary N) is 1. The topological polar surface area (TPSA) is 102 Å². The highest BCUT2D eigenvalue weighted by molar-refractivity contribution is 6.31. The first kappa shape index (κ1) is 27.8. The predicted molar refractivity (Wildman–Crippen MR) is 152 cm³/mol. The summed E-state index contributed by atoms with van der Waals surface area (Å²) in [5.41, 5.74) is 10.4. The van der Waals surface area contributed by atoms with Crippen LogP contribution in [0.4, 0.5) is 0 Å². The number of unbranched alkanes of at least 4 members (excludes halogenated alkanes) is 1. The lowest BCUT2D eigenvalue weighted by atomic mass is 10.0. The number of halogens is 1. The molecular formula is C29H32ClN5O2. The Morgan fingerprint density at radius 2 is 1.95 bits per heavy atom. The lowest BCUT2D eigenvalue weighted by molar-refractivity contribution is 0.0950. The molecule has 1 aromatic heterocycles. The minimum atomic E-state index is -0.201. The maximum absolute atomic E-state index is 12.8. The summed E-state index contributed by atoms with van der Waals surface area (Å²) < 4.78 is 5.78. The second kappa shape index (κ2) is 14.7. The minimum Gasteiger partial charge on any atom is -0.493 e. The predicted octanol–water partition coefficient (Wildman–Crippen LogP) is 5.47. The number of hydrogen-bond donors (Lipinski definition) is 2. The zero-order valence-corrected chi connectivity index (χ0v) is 21.7. The van der Waals surface area contributed by atoms with Gasteiger partial charge in [0.25, 0.3) is 5.91 Å². The van der Waals surface area contributed by atoms with Crippen LogP contribution in [-0.4, -0.2) is 43.0 Å². The van der Waals surface area contributed by atoms with Crippen molar-refractivity contribution in [1.29, 1.82) is 0 Å². The lowest BCUT2D eigenvalue weighted by Gasteiger charge is -2.12. The number of amides is 1. The Morgan fingerprint density at radius 3 is 2.62 bits per heavy atom. The molecule has 0 saturated heterocycles. The molecule has 0 bridgehead atoms. The van der Waals surface area contributed by atoms with E-state index < -0.39 is 0 Å². The van der Waals surface area contributed by atoms with Gasteiger partial charge in [-0.25, -0.2) is 0 Å². The second-order valence-corrected chi connectivity index (χ2v) is 8.68. The Kier molecular flexibility index (Phi) is 11.0. The first-order valence-electron chi connectivity index (χ1n) is 12.2. The van der Waals surface area contributed by atoms with Gasteiger partial charge in [0, 0.05) is 36.6 Å². The lowest BCUT2D eigenvalue weighted by Crippen LogP contribution is -2.26. The third-order valence-electron chi connectivity index (χ3n) is 5.54. The first-order chi connectivity index (χ1) is 18.0. The van der Waals surface area contributed by atoms with E-state index in [1.54, 1.807) is 36.5 Å². The van der Waals surface area contributed by atoms with Gasteiger partial charge in [-0.15, -0.1) is 5.10 Å². The van der Waals surface area contributed by atoms with Gasteiger partial charge >= 0.3 is 0 Å². The molecule has 3 aromatic rings. The average Bonchev–Trinajstić information content (AvgIpc) is 2.92. The summed E-state index contributed by atoms with van der Waals surface area (Å²) >= 11 is 6.12. The third kappa shape index (κ3) is 8.37. The molecule has 2 aromatic carbocycles. The van der Waals surface area contributed by atoms with E-state index in [4.69, 9.17) is 22.1 Å². The number of carbonyl (C=O) groups excluding carboxylic acids is 1. The molecular weight excluding hydrogens is 486 g/mol. The maximum Gasteiger partial charge on any atom is 0.255 e. The Hall–Kier alpha value is -3.81. The van der Waals surface area contributed by atoms with Crippen LogP contribution in [0.15, 0.2) is 83.1 Å². The standard InChI is InChI=1S/C29H32ClN5O2/c1-3-4-18-37-28-14-12-24(30)19-25(28)29(36)33-17-15-21-7-9-22(10-8-21)23-11-13-26(34-20-23)27(35-32-2)6-5-16-31/h5-14,19-20H,2-4,15-18,31H2,1H3,(H,33,36)/b6-5+,35-27+.